The Hall–Kier alpha value is -3.18. The second-order valence-corrected chi connectivity index (χ2v) is 12.9. The van der Waals surface area contributed by atoms with E-state index in [1.807, 2.05) is 0 Å². The SMILES string of the molecule is CS(=O)(=O)c1cccc(C[C@H](NC(=O)c2c(Cl)cc(/C(=C\c3ccc(O)cc3)P(=O)(O)O)cc2Cl)C(=O)O)c1. The number of aromatic hydroxyl groups is 1. The standard InChI is InChI=1S/C25H22Cl2NO9PS/c1-39(36,37)18-4-2-3-15(9-18)10-21(25(31)32)28-24(30)23-19(26)12-16(13-20(23)27)22(38(33,34)35)11-14-5-7-17(29)8-6-14/h2-9,11-13,21,29H,10H2,1H3,(H,28,30)(H,31,32)(H2,33,34,35)/b22-11+/t21-/m0/s1. The summed E-state index contributed by atoms with van der Waals surface area (Å²) in [7, 11) is -8.43. The van der Waals surface area contributed by atoms with E-state index in [0.717, 1.165) is 18.4 Å². The Morgan fingerprint density at radius 1 is 1.03 bits per heavy atom. The Balaban J connectivity index is 1.93. The van der Waals surface area contributed by atoms with Gasteiger partial charge in [0.2, 0.25) is 0 Å². The van der Waals surface area contributed by atoms with Crippen molar-refractivity contribution < 1.29 is 42.6 Å². The van der Waals surface area contributed by atoms with Crippen LogP contribution in [0.5, 0.6) is 5.75 Å². The van der Waals surface area contributed by atoms with Crippen LogP contribution in [-0.4, -0.2) is 52.6 Å². The molecule has 3 rings (SSSR count). The fourth-order valence-electron chi connectivity index (χ4n) is 3.57. The maximum absolute atomic E-state index is 13.0. The molecule has 1 atom stereocenters. The van der Waals surface area contributed by atoms with Gasteiger partial charge < -0.3 is 25.3 Å². The third-order valence-electron chi connectivity index (χ3n) is 5.45. The Labute approximate surface area is 233 Å². The molecule has 0 spiro atoms. The minimum absolute atomic E-state index is 0.0154. The number of nitrogens with one attached hydrogen (secondary N) is 1. The Bertz CT molecular complexity index is 1590. The van der Waals surface area contributed by atoms with Gasteiger partial charge >= 0.3 is 13.6 Å². The predicted octanol–water partition coefficient (Wildman–Crippen LogP) is 4.20. The van der Waals surface area contributed by atoms with Crippen molar-refractivity contribution in [1.29, 1.82) is 0 Å². The molecule has 0 unspecified atom stereocenters. The molecule has 0 bridgehead atoms. The number of carbonyl (C=O) groups excluding carboxylic acids is 1. The minimum Gasteiger partial charge on any atom is -0.508 e. The van der Waals surface area contributed by atoms with Crippen LogP contribution >= 0.6 is 30.8 Å². The number of carbonyl (C=O) groups is 2. The number of benzene rings is 3. The van der Waals surface area contributed by atoms with Gasteiger partial charge in [0, 0.05) is 12.7 Å². The fraction of sp³-hybridized carbons (Fsp3) is 0.120. The molecule has 0 aliphatic rings. The number of aliphatic carboxylic acids is 1. The molecule has 0 fully saturated rings. The molecule has 0 aliphatic carbocycles. The van der Waals surface area contributed by atoms with E-state index in [1.54, 1.807) is 0 Å². The molecule has 0 saturated carbocycles. The number of hydrogen-bond donors (Lipinski definition) is 5. The van der Waals surface area contributed by atoms with E-state index < -0.39 is 40.7 Å². The van der Waals surface area contributed by atoms with Crippen molar-refractivity contribution in [3.63, 3.8) is 0 Å². The van der Waals surface area contributed by atoms with Crippen molar-refractivity contribution in [3.8, 4) is 5.75 Å². The summed E-state index contributed by atoms with van der Waals surface area (Å²) in [5.74, 6) is -2.42. The largest absolute Gasteiger partial charge is 0.508 e. The van der Waals surface area contributed by atoms with Crippen molar-refractivity contribution in [1.82, 2.24) is 5.32 Å². The summed E-state index contributed by atoms with van der Waals surface area (Å²) in [6.07, 6.45) is 1.93. The monoisotopic (exact) mass is 613 g/mol. The molecule has 14 heteroatoms. The van der Waals surface area contributed by atoms with E-state index >= 15 is 0 Å². The molecule has 5 N–H and O–H groups in total. The number of rotatable bonds is 9. The first-order chi connectivity index (χ1) is 18.1. The number of sulfone groups is 1. The average Bonchev–Trinajstić information content (AvgIpc) is 2.81. The normalized spacial score (nSPS) is 13.1. The zero-order chi connectivity index (χ0) is 29.1. The molecule has 0 aromatic heterocycles. The van der Waals surface area contributed by atoms with Crippen LogP contribution in [0.3, 0.4) is 0 Å². The molecule has 206 valence electrons. The third kappa shape index (κ3) is 7.92. The lowest BCUT2D eigenvalue weighted by Crippen LogP contribution is -2.42. The molecular formula is C25H22Cl2NO9PS. The van der Waals surface area contributed by atoms with Crippen LogP contribution in [0.1, 0.15) is 27.0 Å². The summed E-state index contributed by atoms with van der Waals surface area (Å²) in [5.41, 5.74) is 0.275. The Kier molecular flexibility index (Phi) is 9.27. The molecule has 3 aromatic rings. The van der Waals surface area contributed by atoms with Gasteiger partial charge in [-0.1, -0.05) is 47.5 Å². The lowest BCUT2D eigenvalue weighted by atomic mass is 10.0. The topological polar surface area (TPSA) is 178 Å². The van der Waals surface area contributed by atoms with Gasteiger partial charge in [-0.3, -0.25) is 9.36 Å². The molecule has 0 aliphatic heterocycles. The van der Waals surface area contributed by atoms with E-state index in [9.17, 15) is 42.6 Å². The minimum atomic E-state index is -4.88. The highest BCUT2D eigenvalue weighted by atomic mass is 35.5. The van der Waals surface area contributed by atoms with Crippen LogP contribution in [-0.2, 0) is 25.6 Å². The van der Waals surface area contributed by atoms with E-state index in [4.69, 9.17) is 23.2 Å². The lowest BCUT2D eigenvalue weighted by molar-refractivity contribution is -0.139. The van der Waals surface area contributed by atoms with Gasteiger partial charge in [0.05, 0.1) is 25.8 Å². The Morgan fingerprint density at radius 3 is 2.13 bits per heavy atom. The van der Waals surface area contributed by atoms with E-state index in [-0.39, 0.29) is 38.2 Å². The smallest absolute Gasteiger partial charge is 0.356 e. The summed E-state index contributed by atoms with van der Waals surface area (Å²) in [5, 5.41) is 20.3. The van der Waals surface area contributed by atoms with Crippen molar-refractivity contribution in [2.75, 3.05) is 6.26 Å². The van der Waals surface area contributed by atoms with Gasteiger partial charge in [0.25, 0.3) is 5.91 Å². The first kappa shape index (κ1) is 30.4. The highest BCUT2D eigenvalue weighted by Gasteiger charge is 2.28. The zero-order valence-corrected chi connectivity index (χ0v) is 23.3. The quantitative estimate of drug-likeness (QED) is 0.175. The second kappa shape index (κ2) is 11.9. The van der Waals surface area contributed by atoms with Crippen LogP contribution in [0.15, 0.2) is 65.6 Å². The van der Waals surface area contributed by atoms with Crippen molar-refractivity contribution in [3.05, 3.63) is 93.0 Å². The maximum Gasteiger partial charge on any atom is 0.356 e. The van der Waals surface area contributed by atoms with Gasteiger partial charge in [0.15, 0.2) is 9.84 Å². The zero-order valence-electron chi connectivity index (χ0n) is 20.1. The number of carboxylic acids is 1. The number of hydrogen-bond acceptors (Lipinski definition) is 6. The summed E-state index contributed by atoms with van der Waals surface area (Å²) in [6.45, 7) is 0. The van der Waals surface area contributed by atoms with Crippen LogP contribution in [0.2, 0.25) is 10.0 Å². The fourth-order valence-corrected chi connectivity index (χ4v) is 5.70. The third-order valence-corrected chi connectivity index (χ3v) is 8.17. The predicted molar refractivity (Wildman–Crippen MR) is 147 cm³/mol. The van der Waals surface area contributed by atoms with E-state index in [0.29, 0.717) is 11.1 Å². The van der Waals surface area contributed by atoms with Gasteiger partial charge in [-0.25, -0.2) is 13.2 Å². The second-order valence-electron chi connectivity index (χ2n) is 8.47. The molecule has 0 radical (unpaired) electrons. The van der Waals surface area contributed by atoms with Crippen LogP contribution in [0.4, 0.5) is 0 Å². The number of phenols is 1. The first-order valence-corrected chi connectivity index (χ1v) is 15.2. The molecule has 0 heterocycles. The van der Waals surface area contributed by atoms with Gasteiger partial charge in [0.1, 0.15) is 11.8 Å². The molecule has 39 heavy (non-hydrogen) atoms. The average molecular weight is 614 g/mol. The Morgan fingerprint density at radius 2 is 1.62 bits per heavy atom. The summed E-state index contributed by atoms with van der Waals surface area (Å²) >= 11 is 12.5. The summed E-state index contributed by atoms with van der Waals surface area (Å²) in [6, 6.07) is 11.9. The first-order valence-electron chi connectivity index (χ1n) is 10.9. The van der Waals surface area contributed by atoms with Crippen molar-refractivity contribution in [2.24, 2.45) is 0 Å². The number of phenolic OH excluding ortho intramolecular Hbond substituents is 1. The van der Waals surface area contributed by atoms with Crippen molar-refractivity contribution in [2.45, 2.75) is 17.4 Å². The van der Waals surface area contributed by atoms with Crippen LogP contribution < -0.4 is 5.32 Å². The van der Waals surface area contributed by atoms with Gasteiger partial charge in [-0.15, -0.1) is 0 Å². The van der Waals surface area contributed by atoms with Crippen LogP contribution in [0, 0.1) is 0 Å². The highest BCUT2D eigenvalue weighted by molar-refractivity contribution is 7.90. The van der Waals surface area contributed by atoms with E-state index in [1.165, 1.54) is 54.6 Å². The molecule has 1 amide bonds. The number of halogens is 2. The molecule has 3 aromatic carbocycles. The van der Waals surface area contributed by atoms with Crippen molar-refractivity contribution >= 4 is 63.9 Å². The molecular weight excluding hydrogens is 592 g/mol. The molecule has 0 saturated heterocycles. The van der Waals surface area contributed by atoms with Gasteiger partial charge in [-0.05, 0) is 59.2 Å². The molecule has 10 nitrogen and oxygen atoms in total. The maximum atomic E-state index is 13.0. The summed E-state index contributed by atoms with van der Waals surface area (Å²) < 4.78 is 35.9. The van der Waals surface area contributed by atoms with Gasteiger partial charge in [-0.2, -0.15) is 0 Å². The number of amides is 1. The van der Waals surface area contributed by atoms with Crippen LogP contribution in [0.25, 0.3) is 11.4 Å². The highest BCUT2D eigenvalue weighted by Crippen LogP contribution is 2.53. The lowest BCUT2D eigenvalue weighted by Gasteiger charge is -2.17. The number of carboxylic acid groups (broad SMARTS) is 1. The van der Waals surface area contributed by atoms with E-state index in [2.05, 4.69) is 5.32 Å². The summed E-state index contributed by atoms with van der Waals surface area (Å²) in [4.78, 5) is 44.7.